The lowest BCUT2D eigenvalue weighted by Crippen LogP contribution is -2.41. The third-order valence-corrected chi connectivity index (χ3v) is 4.27. The lowest BCUT2D eigenvalue weighted by Gasteiger charge is -2.26. The molecule has 0 aliphatic carbocycles. The smallest absolute Gasteiger partial charge is 0.240 e. The topological polar surface area (TPSA) is 23.6 Å². The Hall–Kier alpha value is -1.00. The number of nitrogens with zero attached hydrogens (tertiary/aromatic N) is 2. The Balaban J connectivity index is 1.96. The Kier molecular flexibility index (Phi) is 4.66. The van der Waals surface area contributed by atoms with Crippen molar-refractivity contribution in [3.8, 4) is 0 Å². The van der Waals surface area contributed by atoms with Crippen LogP contribution in [0.1, 0.15) is 18.4 Å². The first-order chi connectivity index (χ1) is 8.72. The average molecular weight is 264 g/mol. The van der Waals surface area contributed by atoms with E-state index in [2.05, 4.69) is 16.4 Å². The van der Waals surface area contributed by atoms with Crippen LogP contribution in [0.15, 0.2) is 30.3 Å². The minimum absolute atomic E-state index is 0.0636. The molecule has 1 amide bonds. The molecular weight excluding hydrogens is 244 g/mol. The fraction of sp³-hybridized carbons (Fsp3) is 0.500. The van der Waals surface area contributed by atoms with Gasteiger partial charge in [-0.25, -0.2) is 4.31 Å². The zero-order chi connectivity index (χ0) is 13.0. The largest absolute Gasteiger partial charge is 0.340 e. The minimum atomic E-state index is 0.0636. The van der Waals surface area contributed by atoms with Crippen LogP contribution in [-0.2, 0) is 11.3 Å². The fourth-order valence-corrected chi connectivity index (χ4v) is 3.16. The Bertz CT molecular complexity index is 396. The molecule has 1 aromatic rings. The van der Waals surface area contributed by atoms with Crippen LogP contribution >= 0.6 is 11.9 Å². The molecule has 0 bridgehead atoms. The molecule has 2 rings (SSSR count). The van der Waals surface area contributed by atoms with Crippen LogP contribution in [0.25, 0.3) is 0 Å². The van der Waals surface area contributed by atoms with E-state index in [1.807, 2.05) is 36.4 Å². The van der Waals surface area contributed by atoms with Crippen molar-refractivity contribution in [3.63, 3.8) is 0 Å². The van der Waals surface area contributed by atoms with Crippen LogP contribution in [0.2, 0.25) is 0 Å². The summed E-state index contributed by atoms with van der Waals surface area (Å²) >= 11 is 1.68. The van der Waals surface area contributed by atoms with Gasteiger partial charge in [-0.3, -0.25) is 4.79 Å². The summed E-state index contributed by atoms with van der Waals surface area (Å²) in [6, 6.07) is 10.2. The van der Waals surface area contributed by atoms with Crippen LogP contribution < -0.4 is 0 Å². The predicted octanol–water partition coefficient (Wildman–Crippen LogP) is 2.39. The Morgan fingerprint density at radius 3 is 2.83 bits per heavy atom. The van der Waals surface area contributed by atoms with Gasteiger partial charge in [0.15, 0.2) is 0 Å². The summed E-state index contributed by atoms with van der Waals surface area (Å²) < 4.78 is 2.20. The molecule has 1 fully saturated rings. The van der Waals surface area contributed by atoms with Gasteiger partial charge in [0, 0.05) is 20.1 Å². The van der Waals surface area contributed by atoms with Crippen molar-refractivity contribution in [2.75, 3.05) is 19.8 Å². The molecular formula is C14H20N2OS. The van der Waals surface area contributed by atoms with Crippen LogP contribution in [0.5, 0.6) is 0 Å². The molecule has 1 heterocycles. The molecule has 1 atom stereocenters. The number of carbonyl (C=O) groups is 1. The van der Waals surface area contributed by atoms with Gasteiger partial charge in [-0.05, 0) is 24.7 Å². The van der Waals surface area contributed by atoms with Gasteiger partial charge in [-0.2, -0.15) is 0 Å². The van der Waals surface area contributed by atoms with Gasteiger partial charge in [0.05, 0.1) is 6.04 Å². The molecule has 0 saturated carbocycles. The quantitative estimate of drug-likeness (QED) is 0.780. The molecule has 98 valence electrons. The highest BCUT2D eigenvalue weighted by molar-refractivity contribution is 7.96. The summed E-state index contributed by atoms with van der Waals surface area (Å²) in [5.74, 6) is 0.241. The third kappa shape index (κ3) is 3.06. The number of hydrogen-bond donors (Lipinski definition) is 0. The Morgan fingerprint density at radius 1 is 1.44 bits per heavy atom. The summed E-state index contributed by atoms with van der Waals surface area (Å²) in [5, 5.41) is 0. The third-order valence-electron chi connectivity index (χ3n) is 3.36. The molecule has 0 N–H and O–H groups in total. The highest BCUT2D eigenvalue weighted by atomic mass is 32.2. The van der Waals surface area contributed by atoms with E-state index in [0.29, 0.717) is 6.54 Å². The van der Waals surface area contributed by atoms with E-state index in [1.54, 1.807) is 11.9 Å². The minimum Gasteiger partial charge on any atom is -0.340 e. The summed E-state index contributed by atoms with van der Waals surface area (Å²) in [5.41, 5.74) is 1.18. The second kappa shape index (κ2) is 6.25. The second-order valence-electron chi connectivity index (χ2n) is 4.66. The standard InChI is InChI=1S/C14H20N2OS/c1-15(11-12-7-4-3-5-8-12)14(17)13-9-6-10-16(13)18-2/h3-5,7-8,13H,6,9-11H2,1-2H3. The van der Waals surface area contributed by atoms with Crippen LogP contribution in [-0.4, -0.2) is 41.0 Å². The number of rotatable bonds is 4. The Morgan fingerprint density at radius 2 is 2.17 bits per heavy atom. The van der Waals surface area contributed by atoms with E-state index in [4.69, 9.17) is 0 Å². The van der Waals surface area contributed by atoms with E-state index in [9.17, 15) is 4.79 Å². The van der Waals surface area contributed by atoms with E-state index >= 15 is 0 Å². The zero-order valence-corrected chi connectivity index (χ0v) is 11.8. The van der Waals surface area contributed by atoms with Crippen molar-refractivity contribution < 1.29 is 4.79 Å². The Labute approximate surface area is 113 Å². The maximum Gasteiger partial charge on any atom is 0.240 e. The van der Waals surface area contributed by atoms with Gasteiger partial charge in [-0.15, -0.1) is 0 Å². The average Bonchev–Trinajstić information content (AvgIpc) is 2.87. The van der Waals surface area contributed by atoms with Crippen LogP contribution in [0.4, 0.5) is 0 Å². The molecule has 1 aliphatic heterocycles. The number of benzene rings is 1. The molecule has 1 aromatic carbocycles. The van der Waals surface area contributed by atoms with Crippen molar-refractivity contribution in [2.24, 2.45) is 0 Å². The summed E-state index contributed by atoms with van der Waals surface area (Å²) in [6.07, 6.45) is 4.15. The first kappa shape index (κ1) is 13.4. The molecule has 1 aliphatic rings. The molecule has 1 saturated heterocycles. The fourth-order valence-electron chi connectivity index (χ4n) is 2.40. The highest BCUT2D eigenvalue weighted by Crippen LogP contribution is 2.25. The maximum absolute atomic E-state index is 12.4. The number of amides is 1. The van der Waals surface area contributed by atoms with Crippen molar-refractivity contribution in [1.29, 1.82) is 0 Å². The van der Waals surface area contributed by atoms with Gasteiger partial charge in [-0.1, -0.05) is 42.3 Å². The van der Waals surface area contributed by atoms with Gasteiger partial charge in [0.25, 0.3) is 0 Å². The van der Waals surface area contributed by atoms with Crippen molar-refractivity contribution in [1.82, 2.24) is 9.21 Å². The molecule has 0 radical (unpaired) electrons. The molecule has 18 heavy (non-hydrogen) atoms. The van der Waals surface area contributed by atoms with Gasteiger partial charge in [0.2, 0.25) is 5.91 Å². The van der Waals surface area contributed by atoms with E-state index in [0.717, 1.165) is 19.4 Å². The lowest BCUT2D eigenvalue weighted by atomic mass is 10.1. The normalized spacial score (nSPS) is 20.0. The highest BCUT2D eigenvalue weighted by Gasteiger charge is 2.32. The van der Waals surface area contributed by atoms with Gasteiger partial charge < -0.3 is 4.90 Å². The summed E-state index contributed by atoms with van der Waals surface area (Å²) in [7, 11) is 1.90. The number of carbonyl (C=O) groups excluding carboxylic acids is 1. The molecule has 0 aromatic heterocycles. The summed E-state index contributed by atoms with van der Waals surface area (Å²) in [4.78, 5) is 14.2. The zero-order valence-electron chi connectivity index (χ0n) is 11.0. The number of likely N-dealkylation sites (N-methyl/N-ethyl adjacent to an activating group) is 1. The van der Waals surface area contributed by atoms with Crippen molar-refractivity contribution in [3.05, 3.63) is 35.9 Å². The predicted molar refractivity (Wildman–Crippen MR) is 76.2 cm³/mol. The number of hydrogen-bond acceptors (Lipinski definition) is 3. The molecule has 0 spiro atoms. The summed E-state index contributed by atoms with van der Waals surface area (Å²) in [6.45, 7) is 1.72. The van der Waals surface area contributed by atoms with Gasteiger partial charge in [0.1, 0.15) is 0 Å². The first-order valence-electron chi connectivity index (χ1n) is 6.32. The van der Waals surface area contributed by atoms with Crippen molar-refractivity contribution >= 4 is 17.9 Å². The van der Waals surface area contributed by atoms with Crippen molar-refractivity contribution in [2.45, 2.75) is 25.4 Å². The lowest BCUT2D eigenvalue weighted by molar-refractivity contribution is -0.133. The SMILES string of the molecule is CSN1CCCC1C(=O)N(C)Cc1ccccc1. The van der Waals surface area contributed by atoms with E-state index in [-0.39, 0.29) is 11.9 Å². The molecule has 1 unspecified atom stereocenters. The monoisotopic (exact) mass is 264 g/mol. The van der Waals surface area contributed by atoms with E-state index < -0.39 is 0 Å². The van der Waals surface area contributed by atoms with E-state index in [1.165, 1.54) is 5.56 Å². The van der Waals surface area contributed by atoms with Crippen LogP contribution in [0, 0.1) is 0 Å². The maximum atomic E-state index is 12.4. The van der Waals surface area contributed by atoms with Crippen LogP contribution in [0.3, 0.4) is 0 Å². The molecule has 3 nitrogen and oxygen atoms in total. The molecule has 4 heteroatoms. The first-order valence-corrected chi connectivity index (χ1v) is 7.50. The second-order valence-corrected chi connectivity index (χ2v) is 5.50. The van der Waals surface area contributed by atoms with Gasteiger partial charge >= 0.3 is 0 Å².